The Morgan fingerprint density at radius 2 is 2.29 bits per heavy atom. The number of rotatable bonds is 2. The molecule has 0 spiro atoms. The van der Waals surface area contributed by atoms with Crippen LogP contribution in [0.1, 0.15) is 26.2 Å². The van der Waals surface area contributed by atoms with Gasteiger partial charge in [0.15, 0.2) is 0 Å². The van der Waals surface area contributed by atoms with Gasteiger partial charge in [0.25, 0.3) is 0 Å². The van der Waals surface area contributed by atoms with Crippen LogP contribution in [0.15, 0.2) is 0 Å². The van der Waals surface area contributed by atoms with Crippen LogP contribution in [-0.2, 0) is 9.53 Å². The number of hydrogen-bond donors (Lipinski definition) is 1. The van der Waals surface area contributed by atoms with Gasteiger partial charge in [-0.05, 0) is 38.1 Å². The van der Waals surface area contributed by atoms with Crippen molar-refractivity contribution >= 4 is 18.4 Å². The Hall–Kier alpha value is -0.280. The van der Waals surface area contributed by atoms with E-state index in [-0.39, 0.29) is 24.4 Å². The maximum absolute atomic E-state index is 11.5. The fourth-order valence-corrected chi connectivity index (χ4v) is 2.68. The normalized spacial score (nSPS) is 34.8. The molecule has 4 heteroatoms. The van der Waals surface area contributed by atoms with Gasteiger partial charge < -0.3 is 10.1 Å². The van der Waals surface area contributed by atoms with Gasteiger partial charge in [-0.25, -0.2) is 0 Å². The number of nitrogens with one attached hydrogen (secondary N) is 1. The van der Waals surface area contributed by atoms with Gasteiger partial charge in [0.1, 0.15) is 6.04 Å². The van der Waals surface area contributed by atoms with E-state index in [4.69, 9.17) is 4.74 Å². The van der Waals surface area contributed by atoms with Crippen LogP contribution in [0.5, 0.6) is 0 Å². The summed E-state index contributed by atoms with van der Waals surface area (Å²) in [6, 6.07) is -0.00699. The minimum absolute atomic E-state index is 0. The van der Waals surface area contributed by atoms with Crippen molar-refractivity contribution in [1.29, 1.82) is 0 Å². The molecule has 0 amide bonds. The van der Waals surface area contributed by atoms with E-state index in [0.29, 0.717) is 12.5 Å². The van der Waals surface area contributed by atoms with Crippen LogP contribution in [0.4, 0.5) is 0 Å². The lowest BCUT2D eigenvalue weighted by Crippen LogP contribution is -2.37. The predicted molar refractivity (Wildman–Crippen MR) is 56.5 cm³/mol. The molecule has 2 aliphatic rings. The second-order valence-electron chi connectivity index (χ2n) is 3.99. The molecule has 1 unspecified atom stereocenters. The van der Waals surface area contributed by atoms with Crippen molar-refractivity contribution < 1.29 is 9.53 Å². The SMILES string of the molecule is CCOC(=O)C1NC[C@@H]2CCC[C@@H]12.Cl. The molecule has 1 saturated carbocycles. The Bertz CT molecular complexity index is 210. The summed E-state index contributed by atoms with van der Waals surface area (Å²) in [6.07, 6.45) is 3.77. The van der Waals surface area contributed by atoms with E-state index >= 15 is 0 Å². The molecule has 0 radical (unpaired) electrons. The molecule has 0 aromatic rings. The van der Waals surface area contributed by atoms with E-state index in [1.165, 1.54) is 19.3 Å². The first-order valence-electron chi connectivity index (χ1n) is 5.23. The molecule has 0 bridgehead atoms. The first kappa shape index (κ1) is 11.8. The summed E-state index contributed by atoms with van der Waals surface area (Å²) in [7, 11) is 0. The van der Waals surface area contributed by atoms with Crippen molar-refractivity contribution in [2.24, 2.45) is 11.8 Å². The largest absolute Gasteiger partial charge is 0.465 e. The summed E-state index contributed by atoms with van der Waals surface area (Å²) in [5.41, 5.74) is 0. The maximum atomic E-state index is 11.5. The summed E-state index contributed by atoms with van der Waals surface area (Å²) in [5, 5.41) is 3.27. The molecule has 1 saturated heterocycles. The van der Waals surface area contributed by atoms with Gasteiger partial charge >= 0.3 is 5.97 Å². The summed E-state index contributed by atoms with van der Waals surface area (Å²) in [4.78, 5) is 11.5. The van der Waals surface area contributed by atoms with Gasteiger partial charge in [-0.2, -0.15) is 0 Å². The highest BCUT2D eigenvalue weighted by molar-refractivity contribution is 5.85. The molecule has 1 heterocycles. The Labute approximate surface area is 91.0 Å². The van der Waals surface area contributed by atoms with Crippen molar-refractivity contribution in [2.45, 2.75) is 32.2 Å². The fraction of sp³-hybridized carbons (Fsp3) is 0.900. The highest BCUT2D eigenvalue weighted by Crippen LogP contribution is 2.37. The smallest absolute Gasteiger partial charge is 0.323 e. The van der Waals surface area contributed by atoms with E-state index in [2.05, 4.69) is 5.32 Å². The lowest BCUT2D eigenvalue weighted by molar-refractivity contribution is -0.146. The van der Waals surface area contributed by atoms with Crippen molar-refractivity contribution in [3.8, 4) is 0 Å². The quantitative estimate of drug-likeness (QED) is 0.713. The molecule has 1 aliphatic heterocycles. The van der Waals surface area contributed by atoms with E-state index in [9.17, 15) is 4.79 Å². The van der Waals surface area contributed by atoms with Gasteiger partial charge in [0.2, 0.25) is 0 Å². The van der Waals surface area contributed by atoms with Crippen LogP contribution in [0, 0.1) is 11.8 Å². The van der Waals surface area contributed by atoms with E-state index in [1.807, 2.05) is 6.92 Å². The van der Waals surface area contributed by atoms with Gasteiger partial charge in [0, 0.05) is 0 Å². The van der Waals surface area contributed by atoms with Gasteiger partial charge in [-0.15, -0.1) is 12.4 Å². The molecule has 0 aromatic heterocycles. The number of hydrogen-bond acceptors (Lipinski definition) is 3. The van der Waals surface area contributed by atoms with Crippen LogP contribution >= 0.6 is 12.4 Å². The van der Waals surface area contributed by atoms with Crippen LogP contribution in [0.25, 0.3) is 0 Å². The Balaban J connectivity index is 0.000000980. The van der Waals surface area contributed by atoms with Crippen molar-refractivity contribution in [2.75, 3.05) is 13.2 Å². The number of esters is 1. The molecule has 1 N–H and O–H groups in total. The molecule has 0 aromatic carbocycles. The van der Waals surface area contributed by atoms with E-state index in [0.717, 1.165) is 12.5 Å². The fourth-order valence-electron chi connectivity index (χ4n) is 2.68. The summed E-state index contributed by atoms with van der Waals surface area (Å²) < 4.78 is 5.03. The van der Waals surface area contributed by atoms with Crippen LogP contribution in [0.3, 0.4) is 0 Å². The summed E-state index contributed by atoms with van der Waals surface area (Å²) in [6.45, 7) is 3.36. The predicted octanol–water partition coefficient (Wildman–Crippen LogP) is 1.36. The van der Waals surface area contributed by atoms with Gasteiger partial charge in [-0.1, -0.05) is 6.42 Å². The molecule has 3 nitrogen and oxygen atoms in total. The minimum atomic E-state index is -0.0445. The second kappa shape index (κ2) is 4.99. The molecule has 82 valence electrons. The highest BCUT2D eigenvalue weighted by atomic mass is 35.5. The number of halogens is 1. The third-order valence-corrected chi connectivity index (χ3v) is 3.29. The monoisotopic (exact) mass is 219 g/mol. The molecule has 2 fully saturated rings. The van der Waals surface area contributed by atoms with Crippen molar-refractivity contribution in [1.82, 2.24) is 5.32 Å². The molecular weight excluding hydrogens is 202 g/mol. The lowest BCUT2D eigenvalue weighted by Gasteiger charge is -2.15. The number of carbonyl (C=O) groups excluding carboxylic acids is 1. The van der Waals surface area contributed by atoms with Crippen molar-refractivity contribution in [3.63, 3.8) is 0 Å². The Kier molecular flexibility index (Phi) is 4.20. The third-order valence-electron chi connectivity index (χ3n) is 3.29. The summed E-state index contributed by atoms with van der Waals surface area (Å²) >= 11 is 0. The van der Waals surface area contributed by atoms with E-state index < -0.39 is 0 Å². The van der Waals surface area contributed by atoms with Gasteiger partial charge in [-0.3, -0.25) is 4.79 Å². The number of carbonyl (C=O) groups is 1. The van der Waals surface area contributed by atoms with Crippen LogP contribution in [0.2, 0.25) is 0 Å². The third kappa shape index (κ3) is 2.04. The molecule has 14 heavy (non-hydrogen) atoms. The molecule has 1 aliphatic carbocycles. The highest BCUT2D eigenvalue weighted by Gasteiger charge is 2.42. The number of fused-ring (bicyclic) bond motifs is 1. The second-order valence-corrected chi connectivity index (χ2v) is 3.99. The van der Waals surface area contributed by atoms with Crippen molar-refractivity contribution in [3.05, 3.63) is 0 Å². The molecule has 2 rings (SSSR count). The molecule has 3 atom stereocenters. The topological polar surface area (TPSA) is 38.3 Å². The maximum Gasteiger partial charge on any atom is 0.323 e. The first-order chi connectivity index (χ1) is 6.33. The Morgan fingerprint density at radius 1 is 1.50 bits per heavy atom. The van der Waals surface area contributed by atoms with Crippen LogP contribution in [-0.4, -0.2) is 25.2 Å². The van der Waals surface area contributed by atoms with Gasteiger partial charge in [0.05, 0.1) is 6.61 Å². The zero-order chi connectivity index (χ0) is 9.26. The summed E-state index contributed by atoms with van der Waals surface area (Å²) in [5.74, 6) is 1.24. The zero-order valence-corrected chi connectivity index (χ0v) is 9.31. The molecular formula is C10H18ClNO2. The average molecular weight is 220 g/mol. The minimum Gasteiger partial charge on any atom is -0.465 e. The standard InChI is InChI=1S/C10H17NO2.ClH/c1-2-13-10(12)9-8-5-3-4-7(8)6-11-9;/h7-9,11H,2-6H2,1H3;1H/t7-,8+,9?;/m0./s1. The average Bonchev–Trinajstić information content (AvgIpc) is 2.62. The lowest BCUT2D eigenvalue weighted by atomic mass is 9.94. The van der Waals surface area contributed by atoms with Crippen LogP contribution < -0.4 is 5.32 Å². The Morgan fingerprint density at radius 3 is 3.00 bits per heavy atom. The first-order valence-corrected chi connectivity index (χ1v) is 5.23. The zero-order valence-electron chi connectivity index (χ0n) is 8.49. The van der Waals surface area contributed by atoms with E-state index in [1.54, 1.807) is 0 Å². The number of ether oxygens (including phenoxy) is 1.